The van der Waals surface area contributed by atoms with Crippen LogP contribution in [0, 0.1) is 0 Å². The Morgan fingerprint density at radius 2 is 2.38 bits per heavy atom. The van der Waals surface area contributed by atoms with Gasteiger partial charge in [0.25, 0.3) is 0 Å². The highest BCUT2D eigenvalue weighted by Crippen LogP contribution is 2.16. The summed E-state index contributed by atoms with van der Waals surface area (Å²) in [7, 11) is 0. The van der Waals surface area contributed by atoms with Crippen LogP contribution in [0.2, 0.25) is 0 Å². The number of aromatic nitrogens is 4. The van der Waals surface area contributed by atoms with E-state index in [1.54, 1.807) is 10.9 Å². The molecular weight excluding hydrogens is 168 g/mol. The number of hydrazine groups is 1. The summed E-state index contributed by atoms with van der Waals surface area (Å²) in [6.07, 6.45) is 3.17. The van der Waals surface area contributed by atoms with E-state index in [-0.39, 0.29) is 0 Å². The van der Waals surface area contributed by atoms with E-state index in [4.69, 9.17) is 5.84 Å². The molecule has 0 saturated heterocycles. The van der Waals surface area contributed by atoms with Gasteiger partial charge in [-0.05, 0) is 6.92 Å². The molecule has 2 aromatic rings. The number of anilines is 1. The first-order valence-corrected chi connectivity index (χ1v) is 4.00. The Balaban J connectivity index is 2.72. The van der Waals surface area contributed by atoms with Gasteiger partial charge in [0.1, 0.15) is 6.33 Å². The van der Waals surface area contributed by atoms with Gasteiger partial charge in [0.05, 0.1) is 11.6 Å². The molecule has 0 aliphatic carbocycles. The lowest BCUT2D eigenvalue weighted by atomic mass is 10.4. The van der Waals surface area contributed by atoms with Crippen molar-refractivity contribution in [2.75, 3.05) is 5.43 Å². The molecule has 0 spiro atoms. The molecule has 2 rings (SSSR count). The third kappa shape index (κ3) is 1.11. The van der Waals surface area contributed by atoms with Gasteiger partial charge in [-0.1, -0.05) is 0 Å². The third-order valence-corrected chi connectivity index (χ3v) is 1.87. The molecule has 0 atom stereocenters. The molecule has 0 amide bonds. The molecule has 2 aromatic heterocycles. The fraction of sp³-hybridized carbons (Fsp3) is 0.286. The molecule has 0 bridgehead atoms. The van der Waals surface area contributed by atoms with E-state index in [1.807, 2.05) is 6.92 Å². The smallest absolute Gasteiger partial charge is 0.163 e. The average Bonchev–Trinajstić information content (AvgIpc) is 2.60. The normalized spacial score (nSPS) is 10.6. The van der Waals surface area contributed by atoms with Gasteiger partial charge in [0, 0.05) is 6.54 Å². The quantitative estimate of drug-likeness (QED) is 0.504. The number of hydrogen-bond donors (Lipinski definition) is 2. The van der Waals surface area contributed by atoms with Crippen molar-refractivity contribution < 1.29 is 0 Å². The fourth-order valence-corrected chi connectivity index (χ4v) is 1.24. The Hall–Kier alpha value is -1.69. The predicted octanol–water partition coefficient (Wildman–Crippen LogP) is 0.132. The van der Waals surface area contributed by atoms with Crippen molar-refractivity contribution in [2.45, 2.75) is 13.5 Å². The van der Waals surface area contributed by atoms with Crippen LogP contribution in [-0.4, -0.2) is 19.7 Å². The van der Waals surface area contributed by atoms with Crippen LogP contribution >= 0.6 is 0 Å². The lowest BCUT2D eigenvalue weighted by molar-refractivity contribution is 0.676. The van der Waals surface area contributed by atoms with Crippen molar-refractivity contribution in [3.8, 4) is 0 Å². The van der Waals surface area contributed by atoms with Gasteiger partial charge < -0.3 is 5.43 Å². The summed E-state index contributed by atoms with van der Waals surface area (Å²) in [5, 5.41) is 4.98. The SMILES string of the molecule is CCn1ncc2c(NN)ncnc21. The van der Waals surface area contributed by atoms with Crippen molar-refractivity contribution in [1.82, 2.24) is 19.7 Å². The molecule has 6 heteroatoms. The second-order valence-electron chi connectivity index (χ2n) is 2.56. The van der Waals surface area contributed by atoms with Crippen molar-refractivity contribution in [1.29, 1.82) is 0 Å². The van der Waals surface area contributed by atoms with Gasteiger partial charge in [-0.3, -0.25) is 0 Å². The van der Waals surface area contributed by atoms with Crippen LogP contribution < -0.4 is 11.3 Å². The molecule has 68 valence electrons. The molecule has 13 heavy (non-hydrogen) atoms. The van der Waals surface area contributed by atoms with Gasteiger partial charge in [-0.15, -0.1) is 0 Å². The second kappa shape index (κ2) is 2.98. The largest absolute Gasteiger partial charge is 0.308 e. The zero-order valence-corrected chi connectivity index (χ0v) is 7.23. The molecule has 6 nitrogen and oxygen atoms in total. The summed E-state index contributed by atoms with van der Waals surface area (Å²) < 4.78 is 1.79. The first kappa shape index (κ1) is 7.93. The van der Waals surface area contributed by atoms with Gasteiger partial charge in [0.15, 0.2) is 11.5 Å². The molecular formula is C7H10N6. The van der Waals surface area contributed by atoms with Crippen LogP contribution in [0.4, 0.5) is 5.82 Å². The molecule has 0 fully saturated rings. The Labute approximate surface area is 74.7 Å². The molecule has 0 saturated carbocycles. The predicted molar refractivity (Wildman–Crippen MR) is 48.8 cm³/mol. The second-order valence-corrected chi connectivity index (χ2v) is 2.56. The summed E-state index contributed by atoms with van der Waals surface area (Å²) >= 11 is 0. The van der Waals surface area contributed by atoms with Crippen molar-refractivity contribution >= 4 is 16.9 Å². The van der Waals surface area contributed by atoms with Crippen molar-refractivity contribution in [3.63, 3.8) is 0 Å². The standard InChI is InChI=1S/C7H10N6/c1-2-13-7-5(3-11-13)6(12-8)9-4-10-7/h3-4H,2,8H2,1H3,(H,9,10,12). The fourth-order valence-electron chi connectivity index (χ4n) is 1.24. The molecule has 0 aliphatic heterocycles. The van der Waals surface area contributed by atoms with E-state index in [9.17, 15) is 0 Å². The minimum atomic E-state index is 0.602. The number of aryl methyl sites for hydroxylation is 1. The van der Waals surface area contributed by atoms with Crippen molar-refractivity contribution in [3.05, 3.63) is 12.5 Å². The highest BCUT2D eigenvalue weighted by molar-refractivity contribution is 5.85. The molecule has 0 aliphatic rings. The summed E-state index contributed by atoms with van der Waals surface area (Å²) in [4.78, 5) is 8.09. The zero-order valence-electron chi connectivity index (χ0n) is 7.23. The highest BCUT2D eigenvalue weighted by Gasteiger charge is 2.06. The van der Waals surface area contributed by atoms with Gasteiger partial charge in [0.2, 0.25) is 0 Å². The number of nitrogens with two attached hydrogens (primary N) is 1. The van der Waals surface area contributed by atoms with Crippen LogP contribution in [-0.2, 0) is 6.54 Å². The number of nitrogens with one attached hydrogen (secondary N) is 1. The molecule has 0 unspecified atom stereocenters. The lowest BCUT2D eigenvalue weighted by Crippen LogP contribution is -2.09. The molecule has 0 radical (unpaired) electrons. The Kier molecular flexibility index (Phi) is 1.82. The minimum Gasteiger partial charge on any atom is -0.308 e. The van der Waals surface area contributed by atoms with E-state index in [0.29, 0.717) is 5.82 Å². The van der Waals surface area contributed by atoms with Gasteiger partial charge >= 0.3 is 0 Å². The summed E-state index contributed by atoms with van der Waals surface area (Å²) in [5.41, 5.74) is 3.30. The average molecular weight is 178 g/mol. The van der Waals surface area contributed by atoms with E-state index in [2.05, 4.69) is 20.5 Å². The Morgan fingerprint density at radius 3 is 3.08 bits per heavy atom. The topological polar surface area (TPSA) is 81.7 Å². The number of rotatable bonds is 2. The van der Waals surface area contributed by atoms with Crippen LogP contribution in [0.3, 0.4) is 0 Å². The number of hydrogen-bond acceptors (Lipinski definition) is 5. The maximum Gasteiger partial charge on any atom is 0.163 e. The maximum atomic E-state index is 5.29. The number of fused-ring (bicyclic) bond motifs is 1. The van der Waals surface area contributed by atoms with Crippen LogP contribution in [0.1, 0.15) is 6.92 Å². The van der Waals surface area contributed by atoms with Crippen LogP contribution in [0.25, 0.3) is 11.0 Å². The first-order valence-electron chi connectivity index (χ1n) is 4.00. The summed E-state index contributed by atoms with van der Waals surface area (Å²) in [6.45, 7) is 2.79. The maximum absolute atomic E-state index is 5.29. The van der Waals surface area contributed by atoms with E-state index in [1.165, 1.54) is 6.33 Å². The van der Waals surface area contributed by atoms with E-state index in [0.717, 1.165) is 17.6 Å². The highest BCUT2D eigenvalue weighted by atomic mass is 15.3. The minimum absolute atomic E-state index is 0.602. The van der Waals surface area contributed by atoms with E-state index < -0.39 is 0 Å². The molecule has 3 N–H and O–H groups in total. The van der Waals surface area contributed by atoms with Crippen LogP contribution in [0.15, 0.2) is 12.5 Å². The number of nitrogen functional groups attached to an aromatic ring is 1. The van der Waals surface area contributed by atoms with Crippen molar-refractivity contribution in [2.24, 2.45) is 5.84 Å². The third-order valence-electron chi connectivity index (χ3n) is 1.87. The molecule has 2 heterocycles. The first-order chi connectivity index (χ1) is 6.36. The summed E-state index contributed by atoms with van der Waals surface area (Å²) in [6, 6.07) is 0. The van der Waals surface area contributed by atoms with E-state index >= 15 is 0 Å². The Bertz CT molecular complexity index is 420. The van der Waals surface area contributed by atoms with Gasteiger partial charge in [-0.2, -0.15) is 5.10 Å². The molecule has 0 aromatic carbocycles. The number of nitrogens with zero attached hydrogens (tertiary/aromatic N) is 4. The summed E-state index contributed by atoms with van der Waals surface area (Å²) in [5.74, 6) is 5.89. The van der Waals surface area contributed by atoms with Gasteiger partial charge in [-0.25, -0.2) is 20.5 Å². The zero-order chi connectivity index (χ0) is 9.26. The lowest BCUT2D eigenvalue weighted by Gasteiger charge is -1.99. The van der Waals surface area contributed by atoms with Crippen LogP contribution in [0.5, 0.6) is 0 Å². The Morgan fingerprint density at radius 1 is 1.54 bits per heavy atom. The monoisotopic (exact) mass is 178 g/mol.